The zero-order chi connectivity index (χ0) is 11.8. The fraction of sp³-hybridized carbons (Fsp3) is 0.667. The number of nitriles is 1. The van der Waals surface area contributed by atoms with E-state index in [0.717, 1.165) is 31.6 Å². The van der Waals surface area contributed by atoms with Gasteiger partial charge in [0.1, 0.15) is 0 Å². The predicted octanol–water partition coefficient (Wildman–Crippen LogP) is 3.47. The Hall–Kier alpha value is -0.630. The van der Waals surface area contributed by atoms with Crippen LogP contribution in [0.3, 0.4) is 0 Å². The van der Waals surface area contributed by atoms with Gasteiger partial charge in [0, 0.05) is 24.3 Å². The third-order valence-electron chi connectivity index (χ3n) is 2.26. The van der Waals surface area contributed by atoms with E-state index in [0.29, 0.717) is 12.3 Å². The molecular formula is C12H20ClN3S. The standard InChI is InChI=1S/C12H19N3S.ClH/c1-10(2)12-15-11(9-16-12)8-14-7-5-3-4-6-13;/h9-10,14H,3-5,7-8H2,1-2H3;1H. The minimum atomic E-state index is 0. The Labute approximate surface area is 114 Å². The average Bonchev–Trinajstić information content (AvgIpc) is 2.72. The van der Waals surface area contributed by atoms with Crippen molar-refractivity contribution >= 4 is 23.7 Å². The highest BCUT2D eigenvalue weighted by Gasteiger charge is 2.04. The fourth-order valence-corrected chi connectivity index (χ4v) is 2.17. The number of unbranched alkanes of at least 4 members (excludes halogenated alkanes) is 2. The normalized spacial score (nSPS) is 10.0. The van der Waals surface area contributed by atoms with E-state index >= 15 is 0 Å². The lowest BCUT2D eigenvalue weighted by Gasteiger charge is -2.01. The smallest absolute Gasteiger partial charge is 0.0954 e. The molecule has 96 valence electrons. The molecule has 0 amide bonds. The van der Waals surface area contributed by atoms with Crippen LogP contribution in [0.5, 0.6) is 0 Å². The molecule has 0 saturated carbocycles. The van der Waals surface area contributed by atoms with Gasteiger partial charge in [-0.3, -0.25) is 0 Å². The van der Waals surface area contributed by atoms with Gasteiger partial charge in [0.25, 0.3) is 0 Å². The maximum atomic E-state index is 8.38. The Bertz CT molecular complexity index is 344. The van der Waals surface area contributed by atoms with E-state index in [1.807, 2.05) is 0 Å². The number of hydrogen-bond donors (Lipinski definition) is 1. The molecule has 0 unspecified atom stereocenters. The molecule has 0 spiro atoms. The summed E-state index contributed by atoms with van der Waals surface area (Å²) < 4.78 is 0. The van der Waals surface area contributed by atoms with Crippen molar-refractivity contribution in [2.45, 2.75) is 45.6 Å². The summed E-state index contributed by atoms with van der Waals surface area (Å²) in [6.45, 7) is 6.14. The summed E-state index contributed by atoms with van der Waals surface area (Å²) in [5, 5.41) is 15.1. The Morgan fingerprint density at radius 1 is 1.47 bits per heavy atom. The lowest BCUT2D eigenvalue weighted by molar-refractivity contribution is 0.621. The van der Waals surface area contributed by atoms with Gasteiger partial charge in [-0.05, 0) is 19.4 Å². The van der Waals surface area contributed by atoms with Crippen LogP contribution >= 0.6 is 23.7 Å². The number of rotatable bonds is 7. The largest absolute Gasteiger partial charge is 0.311 e. The van der Waals surface area contributed by atoms with Crippen LogP contribution in [0.2, 0.25) is 0 Å². The second-order valence-electron chi connectivity index (χ2n) is 4.12. The van der Waals surface area contributed by atoms with E-state index in [1.54, 1.807) is 11.3 Å². The van der Waals surface area contributed by atoms with E-state index in [-0.39, 0.29) is 12.4 Å². The number of halogens is 1. The highest BCUT2D eigenvalue weighted by molar-refractivity contribution is 7.09. The van der Waals surface area contributed by atoms with E-state index < -0.39 is 0 Å². The molecule has 0 bridgehead atoms. The quantitative estimate of drug-likeness (QED) is 0.774. The number of hydrogen-bond acceptors (Lipinski definition) is 4. The van der Waals surface area contributed by atoms with Crippen LogP contribution in [-0.2, 0) is 6.54 Å². The molecule has 1 rings (SSSR count). The van der Waals surface area contributed by atoms with Crippen molar-refractivity contribution in [3.8, 4) is 6.07 Å². The average molecular weight is 274 g/mol. The summed E-state index contributed by atoms with van der Waals surface area (Å²) in [6.07, 6.45) is 2.71. The van der Waals surface area contributed by atoms with Crippen molar-refractivity contribution in [3.63, 3.8) is 0 Å². The molecular weight excluding hydrogens is 254 g/mol. The highest BCUT2D eigenvalue weighted by atomic mass is 35.5. The minimum Gasteiger partial charge on any atom is -0.311 e. The van der Waals surface area contributed by atoms with Crippen molar-refractivity contribution in [2.24, 2.45) is 0 Å². The number of aromatic nitrogens is 1. The van der Waals surface area contributed by atoms with Crippen LogP contribution in [0.15, 0.2) is 5.38 Å². The summed E-state index contributed by atoms with van der Waals surface area (Å²) in [4.78, 5) is 4.55. The molecule has 0 aliphatic rings. The van der Waals surface area contributed by atoms with E-state index in [1.165, 1.54) is 5.01 Å². The lowest BCUT2D eigenvalue weighted by Crippen LogP contribution is -2.14. The van der Waals surface area contributed by atoms with Gasteiger partial charge in [0.2, 0.25) is 0 Å². The minimum absolute atomic E-state index is 0. The number of thiazole rings is 1. The van der Waals surface area contributed by atoms with Gasteiger partial charge >= 0.3 is 0 Å². The third-order valence-corrected chi connectivity index (χ3v) is 3.46. The van der Waals surface area contributed by atoms with Gasteiger partial charge in [-0.2, -0.15) is 5.26 Å². The van der Waals surface area contributed by atoms with Crippen molar-refractivity contribution in [1.82, 2.24) is 10.3 Å². The van der Waals surface area contributed by atoms with Gasteiger partial charge in [0.15, 0.2) is 0 Å². The monoisotopic (exact) mass is 273 g/mol. The first-order valence-corrected chi connectivity index (χ1v) is 6.64. The molecule has 1 N–H and O–H groups in total. The van der Waals surface area contributed by atoms with Crippen LogP contribution in [0.1, 0.15) is 49.7 Å². The van der Waals surface area contributed by atoms with Crippen LogP contribution < -0.4 is 5.32 Å². The second kappa shape index (κ2) is 9.41. The maximum absolute atomic E-state index is 8.38. The summed E-state index contributed by atoms with van der Waals surface area (Å²) in [6, 6.07) is 2.15. The van der Waals surface area contributed by atoms with Crippen LogP contribution in [0.25, 0.3) is 0 Å². The molecule has 0 radical (unpaired) electrons. The summed E-state index contributed by atoms with van der Waals surface area (Å²) >= 11 is 1.74. The first kappa shape index (κ1) is 16.4. The summed E-state index contributed by atoms with van der Waals surface area (Å²) in [5.41, 5.74) is 1.13. The molecule has 0 atom stereocenters. The van der Waals surface area contributed by atoms with Crippen LogP contribution in [-0.4, -0.2) is 11.5 Å². The zero-order valence-electron chi connectivity index (χ0n) is 10.4. The van der Waals surface area contributed by atoms with E-state index in [4.69, 9.17) is 5.26 Å². The second-order valence-corrected chi connectivity index (χ2v) is 5.01. The fourth-order valence-electron chi connectivity index (χ4n) is 1.34. The molecule has 0 aliphatic carbocycles. The maximum Gasteiger partial charge on any atom is 0.0954 e. The summed E-state index contributed by atoms with van der Waals surface area (Å²) in [7, 11) is 0. The van der Waals surface area contributed by atoms with E-state index in [9.17, 15) is 0 Å². The Morgan fingerprint density at radius 2 is 2.24 bits per heavy atom. The van der Waals surface area contributed by atoms with Crippen molar-refractivity contribution < 1.29 is 0 Å². The van der Waals surface area contributed by atoms with Crippen LogP contribution in [0.4, 0.5) is 0 Å². The molecule has 1 heterocycles. The first-order valence-electron chi connectivity index (χ1n) is 5.76. The molecule has 17 heavy (non-hydrogen) atoms. The van der Waals surface area contributed by atoms with Gasteiger partial charge in [-0.15, -0.1) is 23.7 Å². The van der Waals surface area contributed by atoms with Crippen molar-refractivity contribution in [3.05, 3.63) is 16.1 Å². The summed E-state index contributed by atoms with van der Waals surface area (Å²) in [5.74, 6) is 0.523. The Balaban J connectivity index is 0.00000256. The topological polar surface area (TPSA) is 48.7 Å². The number of nitrogens with zero attached hydrogens (tertiary/aromatic N) is 2. The molecule has 0 fully saturated rings. The Kier molecular flexibility index (Phi) is 9.06. The molecule has 0 aliphatic heterocycles. The first-order chi connectivity index (χ1) is 7.74. The van der Waals surface area contributed by atoms with Gasteiger partial charge in [-0.25, -0.2) is 4.98 Å². The Morgan fingerprint density at radius 3 is 2.82 bits per heavy atom. The van der Waals surface area contributed by atoms with E-state index in [2.05, 4.69) is 35.6 Å². The zero-order valence-corrected chi connectivity index (χ0v) is 12.0. The molecule has 0 saturated heterocycles. The predicted molar refractivity (Wildman–Crippen MR) is 74.6 cm³/mol. The van der Waals surface area contributed by atoms with Gasteiger partial charge in [-0.1, -0.05) is 13.8 Å². The third kappa shape index (κ3) is 6.62. The lowest BCUT2D eigenvalue weighted by atomic mass is 10.2. The highest BCUT2D eigenvalue weighted by Crippen LogP contribution is 2.18. The molecule has 0 aromatic carbocycles. The van der Waals surface area contributed by atoms with Gasteiger partial charge < -0.3 is 5.32 Å². The molecule has 1 aromatic heterocycles. The molecule has 1 aromatic rings. The van der Waals surface area contributed by atoms with Crippen molar-refractivity contribution in [1.29, 1.82) is 5.26 Å². The number of nitrogens with one attached hydrogen (secondary N) is 1. The van der Waals surface area contributed by atoms with Crippen molar-refractivity contribution in [2.75, 3.05) is 6.54 Å². The SMILES string of the molecule is CC(C)c1nc(CNCCCCC#N)cs1.Cl. The molecule has 3 nitrogen and oxygen atoms in total. The van der Waals surface area contributed by atoms with Gasteiger partial charge in [0.05, 0.1) is 16.8 Å². The van der Waals surface area contributed by atoms with Crippen LogP contribution in [0, 0.1) is 11.3 Å². The molecule has 5 heteroatoms.